The number of hydrogen-bond acceptors (Lipinski definition) is 6. The number of rotatable bonds is 9. The van der Waals surface area contributed by atoms with Gasteiger partial charge in [-0.1, -0.05) is 0 Å². The van der Waals surface area contributed by atoms with Crippen LogP contribution in [0.5, 0.6) is 0 Å². The molecule has 1 amide bonds. The number of hydrogen-bond donors (Lipinski definition) is 2. The summed E-state index contributed by atoms with van der Waals surface area (Å²) < 4.78 is 0. The fourth-order valence-corrected chi connectivity index (χ4v) is 2.48. The number of carbonyl (C=O) groups is 1. The monoisotopic (exact) mass is 356 g/mol. The lowest BCUT2D eigenvalue weighted by Gasteiger charge is -2.21. The van der Waals surface area contributed by atoms with Gasteiger partial charge in [-0.05, 0) is 52.2 Å². The van der Waals surface area contributed by atoms with Crippen molar-refractivity contribution in [3.05, 3.63) is 42.4 Å². The van der Waals surface area contributed by atoms with Crippen molar-refractivity contribution in [3.63, 3.8) is 0 Å². The number of anilines is 3. The highest BCUT2D eigenvalue weighted by Crippen LogP contribution is 2.18. The maximum absolute atomic E-state index is 12.3. The molecule has 7 heteroatoms. The van der Waals surface area contributed by atoms with Crippen molar-refractivity contribution in [1.29, 1.82) is 0 Å². The number of likely N-dealkylation sites (N-methyl/N-ethyl adjacent to an activating group) is 1. The lowest BCUT2D eigenvalue weighted by Crippen LogP contribution is -2.22. The first-order valence-electron chi connectivity index (χ1n) is 8.90. The van der Waals surface area contributed by atoms with Gasteiger partial charge in [0.15, 0.2) is 0 Å². The van der Waals surface area contributed by atoms with Gasteiger partial charge in [0.25, 0.3) is 5.91 Å². The minimum absolute atomic E-state index is 0.270. The molecule has 0 spiro atoms. The minimum atomic E-state index is -0.270. The smallest absolute Gasteiger partial charge is 0.275 e. The quantitative estimate of drug-likeness (QED) is 0.719. The van der Waals surface area contributed by atoms with Crippen molar-refractivity contribution in [3.8, 4) is 0 Å². The van der Waals surface area contributed by atoms with Gasteiger partial charge in [0.1, 0.15) is 11.5 Å². The first-order chi connectivity index (χ1) is 12.5. The number of aromatic nitrogens is 2. The van der Waals surface area contributed by atoms with Crippen molar-refractivity contribution in [2.24, 2.45) is 0 Å². The number of nitrogens with zero attached hydrogens (tertiary/aromatic N) is 4. The molecule has 2 aromatic rings. The van der Waals surface area contributed by atoms with Crippen LogP contribution in [0.3, 0.4) is 0 Å². The highest BCUT2D eigenvalue weighted by Gasteiger charge is 2.09. The third-order valence-corrected chi connectivity index (χ3v) is 4.00. The molecule has 0 bridgehead atoms. The molecule has 0 aliphatic heterocycles. The van der Waals surface area contributed by atoms with Gasteiger partial charge < -0.3 is 20.4 Å². The zero-order valence-corrected chi connectivity index (χ0v) is 16.0. The predicted octanol–water partition coefficient (Wildman–Crippen LogP) is 2.55. The fourth-order valence-electron chi connectivity index (χ4n) is 2.48. The van der Waals surface area contributed by atoms with E-state index in [0.29, 0.717) is 5.82 Å². The molecule has 2 rings (SSSR count). The third kappa shape index (κ3) is 5.70. The second-order valence-corrected chi connectivity index (χ2v) is 6.19. The Morgan fingerprint density at radius 2 is 1.73 bits per heavy atom. The second kappa shape index (κ2) is 9.72. The molecule has 0 aliphatic carbocycles. The Bertz CT molecular complexity index is 680. The standard InChI is InChI=1S/C19H28N6O/c1-5-25(6-2)16-9-7-15(8-10-16)23-19(26)17-13-22-18(14-21-17)20-11-12-24(3)4/h7-10,13-14H,5-6,11-12H2,1-4H3,(H,20,22)(H,23,26). The molecule has 0 atom stereocenters. The van der Waals surface area contributed by atoms with E-state index < -0.39 is 0 Å². The van der Waals surface area contributed by atoms with Gasteiger partial charge in [-0.3, -0.25) is 4.79 Å². The van der Waals surface area contributed by atoms with Crippen molar-refractivity contribution in [2.45, 2.75) is 13.8 Å². The largest absolute Gasteiger partial charge is 0.372 e. The Hall–Kier alpha value is -2.67. The molecule has 0 saturated heterocycles. The van der Waals surface area contributed by atoms with Gasteiger partial charge in [-0.15, -0.1) is 0 Å². The summed E-state index contributed by atoms with van der Waals surface area (Å²) in [5, 5.41) is 6.02. The van der Waals surface area contributed by atoms with Crippen LogP contribution in [0.1, 0.15) is 24.3 Å². The summed E-state index contributed by atoms with van der Waals surface area (Å²) in [4.78, 5) is 25.1. The molecule has 1 aromatic carbocycles. The van der Waals surface area contributed by atoms with E-state index in [2.05, 4.69) is 44.2 Å². The molecule has 1 heterocycles. The molecule has 1 aromatic heterocycles. The van der Waals surface area contributed by atoms with E-state index >= 15 is 0 Å². The SMILES string of the molecule is CCN(CC)c1ccc(NC(=O)c2cnc(NCCN(C)C)cn2)cc1. The number of amides is 1. The third-order valence-electron chi connectivity index (χ3n) is 4.00. The van der Waals surface area contributed by atoms with E-state index in [1.165, 1.54) is 6.20 Å². The van der Waals surface area contributed by atoms with Crippen LogP contribution in [0.4, 0.5) is 17.2 Å². The van der Waals surface area contributed by atoms with Crippen LogP contribution in [0.2, 0.25) is 0 Å². The molecule has 0 aliphatic rings. The molecule has 2 N–H and O–H groups in total. The Kier molecular flexibility index (Phi) is 7.35. The maximum Gasteiger partial charge on any atom is 0.275 e. The maximum atomic E-state index is 12.3. The summed E-state index contributed by atoms with van der Waals surface area (Å²) >= 11 is 0. The van der Waals surface area contributed by atoms with E-state index in [4.69, 9.17) is 0 Å². The highest BCUT2D eigenvalue weighted by molar-refractivity contribution is 6.02. The van der Waals surface area contributed by atoms with Crippen molar-refractivity contribution in [1.82, 2.24) is 14.9 Å². The molecule has 7 nitrogen and oxygen atoms in total. The molecule has 0 fully saturated rings. The Labute approximate surface area is 155 Å². The van der Waals surface area contributed by atoms with Gasteiger partial charge in [-0.25, -0.2) is 9.97 Å². The summed E-state index contributed by atoms with van der Waals surface area (Å²) in [5.74, 6) is 0.389. The van der Waals surface area contributed by atoms with Crippen LogP contribution < -0.4 is 15.5 Å². The molecular weight excluding hydrogens is 328 g/mol. The molecule has 26 heavy (non-hydrogen) atoms. The summed E-state index contributed by atoms with van der Waals surface area (Å²) in [7, 11) is 4.02. The lowest BCUT2D eigenvalue weighted by atomic mass is 10.2. The van der Waals surface area contributed by atoms with Crippen LogP contribution in [0.15, 0.2) is 36.7 Å². The average Bonchev–Trinajstić information content (AvgIpc) is 2.64. The topological polar surface area (TPSA) is 73.4 Å². The van der Waals surface area contributed by atoms with E-state index in [-0.39, 0.29) is 11.6 Å². The van der Waals surface area contributed by atoms with E-state index in [9.17, 15) is 4.79 Å². The number of benzene rings is 1. The summed E-state index contributed by atoms with van der Waals surface area (Å²) in [5.41, 5.74) is 2.16. The highest BCUT2D eigenvalue weighted by atomic mass is 16.1. The van der Waals surface area contributed by atoms with Crippen LogP contribution in [-0.2, 0) is 0 Å². The van der Waals surface area contributed by atoms with E-state index in [0.717, 1.165) is 37.6 Å². The molecule has 140 valence electrons. The summed E-state index contributed by atoms with van der Waals surface area (Å²) in [6.45, 7) is 7.81. The molecule has 0 saturated carbocycles. The summed E-state index contributed by atoms with van der Waals surface area (Å²) in [6.07, 6.45) is 3.06. The number of carbonyl (C=O) groups excluding carboxylic acids is 1. The van der Waals surface area contributed by atoms with E-state index in [1.54, 1.807) is 6.20 Å². The Morgan fingerprint density at radius 3 is 2.27 bits per heavy atom. The van der Waals surface area contributed by atoms with Gasteiger partial charge in [-0.2, -0.15) is 0 Å². The van der Waals surface area contributed by atoms with Crippen LogP contribution in [0.25, 0.3) is 0 Å². The van der Waals surface area contributed by atoms with Crippen LogP contribution in [0, 0.1) is 0 Å². The van der Waals surface area contributed by atoms with Gasteiger partial charge in [0.2, 0.25) is 0 Å². The van der Waals surface area contributed by atoms with Crippen LogP contribution >= 0.6 is 0 Å². The van der Waals surface area contributed by atoms with Crippen LogP contribution in [-0.4, -0.2) is 61.0 Å². The summed E-state index contributed by atoms with van der Waals surface area (Å²) in [6, 6.07) is 7.81. The average molecular weight is 356 g/mol. The van der Waals surface area contributed by atoms with Crippen molar-refractivity contribution >= 4 is 23.1 Å². The molecule has 0 unspecified atom stereocenters. The van der Waals surface area contributed by atoms with Gasteiger partial charge in [0.05, 0.1) is 12.4 Å². The van der Waals surface area contributed by atoms with Gasteiger partial charge >= 0.3 is 0 Å². The Balaban J connectivity index is 1.92. The predicted molar refractivity (Wildman–Crippen MR) is 107 cm³/mol. The van der Waals surface area contributed by atoms with Crippen molar-refractivity contribution < 1.29 is 4.79 Å². The zero-order valence-electron chi connectivity index (χ0n) is 16.0. The first-order valence-corrected chi connectivity index (χ1v) is 8.90. The number of nitrogens with one attached hydrogen (secondary N) is 2. The fraction of sp³-hybridized carbons (Fsp3) is 0.421. The van der Waals surface area contributed by atoms with Gasteiger partial charge in [0, 0.05) is 37.6 Å². The lowest BCUT2D eigenvalue weighted by molar-refractivity contribution is 0.102. The normalized spacial score (nSPS) is 10.7. The molecular formula is C19H28N6O. The first kappa shape index (κ1) is 19.7. The Morgan fingerprint density at radius 1 is 1.04 bits per heavy atom. The molecule has 0 radical (unpaired) electrons. The second-order valence-electron chi connectivity index (χ2n) is 6.19. The van der Waals surface area contributed by atoms with E-state index in [1.807, 2.05) is 38.4 Å². The van der Waals surface area contributed by atoms with Crippen molar-refractivity contribution in [2.75, 3.05) is 55.8 Å². The zero-order chi connectivity index (χ0) is 18.9. The minimum Gasteiger partial charge on any atom is -0.372 e.